The van der Waals surface area contributed by atoms with Crippen LogP contribution in [0.25, 0.3) is 0 Å². The Bertz CT molecular complexity index is 1440. The lowest BCUT2D eigenvalue weighted by atomic mass is 10.1. The van der Waals surface area contributed by atoms with Crippen LogP contribution >= 0.6 is 11.6 Å². The zero-order valence-corrected chi connectivity index (χ0v) is 21.8. The SMILES string of the molecule is CNS(=O)(=O)c1ccc(C)c(NC(=O)CN(Cc2cccc(C)c2)S(=O)(=O)c2ccc(Cl)cc2)c1. The predicted octanol–water partition coefficient (Wildman–Crippen LogP) is 3.69. The Balaban J connectivity index is 1.92. The van der Waals surface area contributed by atoms with Crippen molar-refractivity contribution in [3.8, 4) is 0 Å². The minimum atomic E-state index is -4.05. The lowest BCUT2D eigenvalue weighted by molar-refractivity contribution is -0.116. The van der Waals surface area contributed by atoms with Crippen molar-refractivity contribution < 1.29 is 21.6 Å². The molecule has 3 aromatic rings. The average Bonchev–Trinajstić information content (AvgIpc) is 2.80. The van der Waals surface area contributed by atoms with Crippen molar-refractivity contribution >= 4 is 43.2 Å². The molecule has 0 radical (unpaired) electrons. The van der Waals surface area contributed by atoms with E-state index in [1.807, 2.05) is 25.1 Å². The van der Waals surface area contributed by atoms with Gasteiger partial charge in [0.15, 0.2) is 0 Å². The number of nitrogens with one attached hydrogen (secondary N) is 2. The molecule has 0 heterocycles. The fourth-order valence-electron chi connectivity index (χ4n) is 3.37. The highest BCUT2D eigenvalue weighted by Gasteiger charge is 2.27. The molecule has 2 N–H and O–H groups in total. The summed E-state index contributed by atoms with van der Waals surface area (Å²) in [6.45, 7) is 3.08. The molecule has 0 saturated carbocycles. The van der Waals surface area contributed by atoms with Crippen LogP contribution in [-0.4, -0.2) is 40.6 Å². The molecule has 3 aromatic carbocycles. The average molecular weight is 536 g/mol. The molecule has 0 aliphatic heterocycles. The summed E-state index contributed by atoms with van der Waals surface area (Å²) in [5, 5.41) is 3.04. The van der Waals surface area contributed by atoms with Gasteiger partial charge < -0.3 is 5.32 Å². The van der Waals surface area contributed by atoms with Crippen LogP contribution in [0.1, 0.15) is 16.7 Å². The van der Waals surface area contributed by atoms with Crippen molar-refractivity contribution in [2.45, 2.75) is 30.2 Å². The van der Waals surface area contributed by atoms with Gasteiger partial charge >= 0.3 is 0 Å². The topological polar surface area (TPSA) is 113 Å². The van der Waals surface area contributed by atoms with E-state index in [0.29, 0.717) is 16.1 Å². The number of hydrogen-bond donors (Lipinski definition) is 2. The molecule has 0 aliphatic carbocycles. The summed E-state index contributed by atoms with van der Waals surface area (Å²) in [4.78, 5) is 13.0. The zero-order chi connectivity index (χ0) is 25.8. The van der Waals surface area contributed by atoms with Crippen LogP contribution in [0.3, 0.4) is 0 Å². The van der Waals surface area contributed by atoms with Gasteiger partial charge in [-0.1, -0.05) is 47.5 Å². The Labute approximate surface area is 211 Å². The summed E-state index contributed by atoms with van der Waals surface area (Å²) in [6.07, 6.45) is 0. The smallest absolute Gasteiger partial charge is 0.243 e. The Hall–Kier alpha value is -2.76. The Morgan fingerprint density at radius 2 is 1.57 bits per heavy atom. The van der Waals surface area contributed by atoms with Gasteiger partial charge in [-0.2, -0.15) is 4.31 Å². The van der Waals surface area contributed by atoms with Crippen molar-refractivity contribution in [1.82, 2.24) is 9.03 Å². The van der Waals surface area contributed by atoms with Gasteiger partial charge in [0, 0.05) is 17.3 Å². The maximum absolute atomic E-state index is 13.4. The lowest BCUT2D eigenvalue weighted by Crippen LogP contribution is -2.37. The number of hydrogen-bond acceptors (Lipinski definition) is 5. The molecule has 186 valence electrons. The van der Waals surface area contributed by atoms with Crippen LogP contribution in [0.4, 0.5) is 5.69 Å². The number of anilines is 1. The number of carbonyl (C=O) groups excluding carboxylic acids is 1. The minimum absolute atomic E-state index is 0.000597. The first kappa shape index (κ1) is 26.8. The van der Waals surface area contributed by atoms with Gasteiger partial charge in [0.1, 0.15) is 0 Å². The molecule has 0 unspecified atom stereocenters. The maximum Gasteiger partial charge on any atom is 0.243 e. The molecule has 0 fully saturated rings. The number of benzene rings is 3. The highest BCUT2D eigenvalue weighted by molar-refractivity contribution is 7.89. The second-order valence-electron chi connectivity index (χ2n) is 7.95. The second-order valence-corrected chi connectivity index (χ2v) is 12.2. The predicted molar refractivity (Wildman–Crippen MR) is 136 cm³/mol. The fourth-order valence-corrected chi connectivity index (χ4v) is 5.63. The molecule has 1 amide bonds. The third-order valence-electron chi connectivity index (χ3n) is 5.27. The minimum Gasteiger partial charge on any atom is -0.325 e. The summed E-state index contributed by atoms with van der Waals surface area (Å²) >= 11 is 5.91. The molecular formula is C24H26ClN3O5S2. The summed E-state index contributed by atoms with van der Waals surface area (Å²) in [5.41, 5.74) is 2.56. The third kappa shape index (κ3) is 6.68. The van der Waals surface area contributed by atoms with Crippen LogP contribution in [0, 0.1) is 13.8 Å². The molecule has 3 rings (SSSR count). The number of aryl methyl sites for hydroxylation is 2. The van der Waals surface area contributed by atoms with Gasteiger partial charge in [0.25, 0.3) is 0 Å². The van der Waals surface area contributed by atoms with Gasteiger partial charge in [-0.3, -0.25) is 4.79 Å². The summed E-state index contributed by atoms with van der Waals surface area (Å²) in [7, 11) is -6.49. The van der Waals surface area contributed by atoms with E-state index < -0.39 is 32.5 Å². The largest absolute Gasteiger partial charge is 0.325 e. The first-order chi connectivity index (χ1) is 16.4. The van der Waals surface area contributed by atoms with E-state index in [2.05, 4.69) is 10.0 Å². The Morgan fingerprint density at radius 1 is 0.914 bits per heavy atom. The zero-order valence-electron chi connectivity index (χ0n) is 19.4. The van der Waals surface area contributed by atoms with Crippen LogP contribution in [0.5, 0.6) is 0 Å². The van der Waals surface area contributed by atoms with Crippen molar-refractivity contribution in [3.05, 3.63) is 88.4 Å². The van der Waals surface area contributed by atoms with Crippen molar-refractivity contribution in [1.29, 1.82) is 0 Å². The Kier molecular flexibility index (Phi) is 8.34. The van der Waals surface area contributed by atoms with E-state index >= 15 is 0 Å². The lowest BCUT2D eigenvalue weighted by Gasteiger charge is -2.22. The fraction of sp³-hybridized carbons (Fsp3) is 0.208. The summed E-state index contributed by atoms with van der Waals surface area (Å²) in [6, 6.07) is 17.4. The van der Waals surface area contributed by atoms with Gasteiger partial charge in [-0.15, -0.1) is 0 Å². The first-order valence-corrected chi connectivity index (χ1v) is 13.9. The summed E-state index contributed by atoms with van der Waals surface area (Å²) < 4.78 is 54.5. The normalized spacial score (nSPS) is 12.0. The molecular weight excluding hydrogens is 510 g/mol. The van der Waals surface area contributed by atoms with Gasteiger partial charge in [-0.05, 0) is 68.4 Å². The van der Waals surface area contributed by atoms with Crippen LogP contribution in [-0.2, 0) is 31.4 Å². The van der Waals surface area contributed by atoms with E-state index in [-0.39, 0.29) is 22.0 Å². The Morgan fingerprint density at radius 3 is 2.20 bits per heavy atom. The van der Waals surface area contributed by atoms with Crippen LogP contribution in [0.15, 0.2) is 76.5 Å². The van der Waals surface area contributed by atoms with E-state index in [0.717, 1.165) is 9.87 Å². The van der Waals surface area contributed by atoms with Gasteiger partial charge in [-0.25, -0.2) is 21.6 Å². The number of carbonyl (C=O) groups is 1. The van der Waals surface area contributed by atoms with E-state index in [4.69, 9.17) is 11.6 Å². The molecule has 11 heteroatoms. The van der Waals surface area contributed by atoms with Crippen LogP contribution < -0.4 is 10.0 Å². The molecule has 0 aromatic heterocycles. The monoisotopic (exact) mass is 535 g/mol. The van der Waals surface area contributed by atoms with Crippen molar-refractivity contribution in [2.75, 3.05) is 18.9 Å². The maximum atomic E-state index is 13.4. The van der Waals surface area contributed by atoms with E-state index in [1.165, 1.54) is 43.4 Å². The standard InChI is InChI=1S/C24H26ClN3O5S2/c1-17-5-4-6-19(13-17)15-28(35(32,33)21-11-8-20(25)9-12-21)16-24(29)27-23-14-22(10-7-18(23)2)34(30,31)26-3/h4-14,26H,15-16H2,1-3H3,(H,27,29). The van der Waals surface area contributed by atoms with E-state index in [1.54, 1.807) is 19.1 Å². The number of rotatable bonds is 9. The van der Waals surface area contributed by atoms with Crippen molar-refractivity contribution in [3.63, 3.8) is 0 Å². The molecule has 0 saturated heterocycles. The quantitative estimate of drug-likeness (QED) is 0.434. The summed E-state index contributed by atoms with van der Waals surface area (Å²) in [5.74, 6) is -0.614. The van der Waals surface area contributed by atoms with Crippen LogP contribution in [0.2, 0.25) is 5.02 Å². The second kappa shape index (κ2) is 10.9. The molecule has 0 spiro atoms. The number of halogens is 1. The van der Waals surface area contributed by atoms with Crippen molar-refractivity contribution in [2.24, 2.45) is 0 Å². The van der Waals surface area contributed by atoms with E-state index in [9.17, 15) is 21.6 Å². The first-order valence-electron chi connectivity index (χ1n) is 10.6. The van der Waals surface area contributed by atoms with Gasteiger partial charge in [0.05, 0.1) is 16.3 Å². The van der Waals surface area contributed by atoms with Gasteiger partial charge in [0.2, 0.25) is 26.0 Å². The number of sulfonamides is 2. The highest BCUT2D eigenvalue weighted by Crippen LogP contribution is 2.23. The molecule has 0 aliphatic rings. The molecule has 8 nitrogen and oxygen atoms in total. The molecule has 35 heavy (non-hydrogen) atoms. The molecule has 0 bridgehead atoms. The third-order valence-corrected chi connectivity index (χ3v) is 8.74. The number of amides is 1. The number of nitrogens with zero attached hydrogens (tertiary/aromatic N) is 1. The molecule has 0 atom stereocenters. The highest BCUT2D eigenvalue weighted by atomic mass is 35.5.